The largest absolute Gasteiger partial charge is 0.294 e. The smallest absolute Gasteiger partial charge is 0.243 e. The van der Waals surface area contributed by atoms with Crippen LogP contribution < -0.4 is 0 Å². The van der Waals surface area contributed by atoms with Crippen molar-refractivity contribution >= 4 is 37.1 Å². The van der Waals surface area contributed by atoms with E-state index in [1.165, 1.54) is 45.3 Å². The van der Waals surface area contributed by atoms with Crippen LogP contribution in [0.1, 0.15) is 11.3 Å². The van der Waals surface area contributed by atoms with Crippen molar-refractivity contribution in [3.63, 3.8) is 0 Å². The van der Waals surface area contributed by atoms with Crippen molar-refractivity contribution in [1.82, 2.24) is 13.7 Å². The molecule has 38 heavy (non-hydrogen) atoms. The standard InChI is InChI=1S/C30H24FN3O2S2/c31-26-12-14-28(15-13-26)38(35,36)33(19-22-6-2-1-3-7-22)17-16-27-21-37-30-32-29(20-34(27)30)25-11-10-23-8-4-5-9-24(23)18-25/h1-15,18,20-21H,16-17,19H2. The number of fused-ring (bicyclic) bond motifs is 2. The first kappa shape index (κ1) is 24.5. The normalized spacial score (nSPS) is 12.1. The summed E-state index contributed by atoms with van der Waals surface area (Å²) in [6.45, 7) is 0.490. The van der Waals surface area contributed by atoms with Crippen LogP contribution in [0.15, 0.2) is 114 Å². The molecule has 8 heteroatoms. The third kappa shape index (κ3) is 4.86. The molecule has 2 heterocycles. The fourth-order valence-corrected chi connectivity index (χ4v) is 6.90. The molecule has 6 rings (SSSR count). The number of aromatic nitrogens is 2. The van der Waals surface area contributed by atoms with Gasteiger partial charge in [0.05, 0.1) is 10.6 Å². The first-order valence-corrected chi connectivity index (χ1v) is 14.5. The molecular formula is C30H24FN3O2S2. The maximum Gasteiger partial charge on any atom is 0.243 e. The Labute approximate surface area is 224 Å². The van der Waals surface area contributed by atoms with Crippen LogP contribution in [0.2, 0.25) is 0 Å². The molecule has 5 nitrogen and oxygen atoms in total. The molecule has 190 valence electrons. The number of rotatable bonds is 8. The second-order valence-electron chi connectivity index (χ2n) is 9.10. The second kappa shape index (κ2) is 10.1. The fraction of sp³-hybridized carbons (Fsp3) is 0.100. The minimum Gasteiger partial charge on any atom is -0.294 e. The van der Waals surface area contributed by atoms with Crippen molar-refractivity contribution in [3.8, 4) is 11.3 Å². The summed E-state index contributed by atoms with van der Waals surface area (Å²) in [5.74, 6) is -0.471. The van der Waals surface area contributed by atoms with E-state index in [0.29, 0.717) is 6.42 Å². The van der Waals surface area contributed by atoms with Gasteiger partial charge in [-0.3, -0.25) is 4.40 Å². The Bertz CT molecular complexity index is 1830. The molecule has 0 N–H and O–H groups in total. The lowest BCUT2D eigenvalue weighted by atomic mass is 10.1. The molecule has 0 radical (unpaired) electrons. The summed E-state index contributed by atoms with van der Waals surface area (Å²) in [6.07, 6.45) is 2.52. The van der Waals surface area contributed by atoms with Gasteiger partial charge in [-0.15, -0.1) is 11.3 Å². The zero-order chi connectivity index (χ0) is 26.1. The summed E-state index contributed by atoms with van der Waals surface area (Å²) < 4.78 is 44.1. The number of imidazole rings is 1. The van der Waals surface area contributed by atoms with Crippen LogP contribution >= 0.6 is 11.3 Å². The summed E-state index contributed by atoms with van der Waals surface area (Å²) in [5.41, 5.74) is 3.78. The van der Waals surface area contributed by atoms with Crippen LogP contribution in [-0.4, -0.2) is 28.7 Å². The number of hydrogen-bond donors (Lipinski definition) is 0. The number of nitrogens with zero attached hydrogens (tertiary/aromatic N) is 3. The summed E-state index contributed by atoms with van der Waals surface area (Å²) in [4.78, 5) is 5.76. The van der Waals surface area contributed by atoms with Crippen molar-refractivity contribution in [2.24, 2.45) is 0 Å². The summed E-state index contributed by atoms with van der Waals surface area (Å²) in [5, 5.41) is 4.36. The highest BCUT2D eigenvalue weighted by molar-refractivity contribution is 7.89. The molecular weight excluding hydrogens is 517 g/mol. The van der Waals surface area contributed by atoms with E-state index in [2.05, 4.69) is 30.3 Å². The van der Waals surface area contributed by atoms with E-state index in [-0.39, 0.29) is 18.0 Å². The van der Waals surface area contributed by atoms with Crippen LogP contribution in [0, 0.1) is 5.82 Å². The predicted molar refractivity (Wildman–Crippen MR) is 150 cm³/mol. The Kier molecular flexibility index (Phi) is 6.53. The highest BCUT2D eigenvalue weighted by Crippen LogP contribution is 2.27. The quantitative estimate of drug-likeness (QED) is 0.213. The van der Waals surface area contributed by atoms with E-state index in [9.17, 15) is 12.8 Å². The lowest BCUT2D eigenvalue weighted by molar-refractivity contribution is 0.408. The third-order valence-electron chi connectivity index (χ3n) is 6.60. The van der Waals surface area contributed by atoms with Crippen molar-refractivity contribution < 1.29 is 12.8 Å². The van der Waals surface area contributed by atoms with Crippen LogP contribution in [0.3, 0.4) is 0 Å². The zero-order valence-corrected chi connectivity index (χ0v) is 22.0. The van der Waals surface area contributed by atoms with Crippen molar-refractivity contribution in [2.75, 3.05) is 6.54 Å². The van der Waals surface area contributed by atoms with Gasteiger partial charge in [0.1, 0.15) is 5.82 Å². The molecule has 0 atom stereocenters. The lowest BCUT2D eigenvalue weighted by Crippen LogP contribution is -2.32. The molecule has 0 bridgehead atoms. The van der Waals surface area contributed by atoms with Crippen LogP contribution in [-0.2, 0) is 23.0 Å². The Hall–Kier alpha value is -3.85. The number of benzene rings is 4. The molecule has 0 aliphatic carbocycles. The Morgan fingerprint density at radius 1 is 0.868 bits per heavy atom. The number of hydrogen-bond acceptors (Lipinski definition) is 4. The number of sulfonamides is 1. The van der Waals surface area contributed by atoms with Crippen LogP contribution in [0.4, 0.5) is 4.39 Å². The van der Waals surface area contributed by atoms with Gasteiger partial charge >= 0.3 is 0 Å². The number of thiazole rings is 1. The maximum atomic E-state index is 13.6. The Morgan fingerprint density at radius 2 is 1.61 bits per heavy atom. The van der Waals surface area contributed by atoms with Crippen LogP contribution in [0.25, 0.3) is 27.0 Å². The second-order valence-corrected chi connectivity index (χ2v) is 11.9. The molecule has 0 fully saturated rings. The van der Waals surface area contributed by atoms with E-state index >= 15 is 0 Å². The van der Waals surface area contributed by atoms with Gasteiger partial charge in [-0.25, -0.2) is 17.8 Å². The minimum atomic E-state index is -3.84. The maximum absolute atomic E-state index is 13.6. The van der Waals surface area contributed by atoms with E-state index < -0.39 is 15.8 Å². The van der Waals surface area contributed by atoms with E-state index in [1.807, 2.05) is 58.4 Å². The summed E-state index contributed by atoms with van der Waals surface area (Å²) in [7, 11) is -3.84. The lowest BCUT2D eigenvalue weighted by Gasteiger charge is -2.22. The van der Waals surface area contributed by atoms with Crippen molar-refractivity contribution in [1.29, 1.82) is 0 Å². The summed E-state index contributed by atoms with van der Waals surface area (Å²) >= 11 is 1.54. The van der Waals surface area contributed by atoms with Crippen molar-refractivity contribution in [2.45, 2.75) is 17.9 Å². The molecule has 0 aliphatic heterocycles. The Balaban J connectivity index is 1.29. The molecule has 0 saturated carbocycles. The van der Waals surface area contributed by atoms with Gasteiger partial charge in [-0.05, 0) is 46.7 Å². The van der Waals surface area contributed by atoms with Crippen LogP contribution in [0.5, 0.6) is 0 Å². The monoisotopic (exact) mass is 541 g/mol. The van der Waals surface area contributed by atoms with E-state index in [4.69, 9.17) is 4.98 Å². The summed E-state index contributed by atoms with van der Waals surface area (Å²) in [6, 6.07) is 29.0. The van der Waals surface area contributed by atoms with Gasteiger partial charge in [0.25, 0.3) is 0 Å². The van der Waals surface area contributed by atoms with Gasteiger partial charge in [0, 0.05) is 42.3 Å². The molecule has 0 spiro atoms. The van der Waals surface area contributed by atoms with Gasteiger partial charge < -0.3 is 0 Å². The topological polar surface area (TPSA) is 54.7 Å². The van der Waals surface area contributed by atoms with Gasteiger partial charge in [-0.2, -0.15) is 4.31 Å². The highest BCUT2D eigenvalue weighted by atomic mass is 32.2. The van der Waals surface area contributed by atoms with E-state index in [0.717, 1.165) is 32.9 Å². The van der Waals surface area contributed by atoms with Crippen molar-refractivity contribution in [3.05, 3.63) is 126 Å². The predicted octanol–water partition coefficient (Wildman–Crippen LogP) is 6.79. The highest BCUT2D eigenvalue weighted by Gasteiger charge is 2.25. The molecule has 4 aromatic carbocycles. The first-order chi connectivity index (χ1) is 18.5. The third-order valence-corrected chi connectivity index (χ3v) is 9.35. The SMILES string of the molecule is O=S(=O)(c1ccc(F)cc1)N(CCc1csc2nc(-c3ccc4ccccc4c3)cn12)Cc1ccccc1. The molecule has 6 aromatic rings. The first-order valence-electron chi connectivity index (χ1n) is 12.2. The minimum absolute atomic E-state index is 0.0755. The molecule has 0 amide bonds. The average molecular weight is 542 g/mol. The zero-order valence-electron chi connectivity index (χ0n) is 20.4. The van der Waals surface area contributed by atoms with Gasteiger partial charge in [-0.1, -0.05) is 66.7 Å². The Morgan fingerprint density at radius 3 is 2.39 bits per heavy atom. The van der Waals surface area contributed by atoms with E-state index in [1.54, 1.807) is 0 Å². The number of halogens is 1. The molecule has 0 saturated heterocycles. The molecule has 0 unspecified atom stereocenters. The molecule has 2 aromatic heterocycles. The molecule has 0 aliphatic rings. The average Bonchev–Trinajstić information content (AvgIpc) is 3.53. The van der Waals surface area contributed by atoms with Gasteiger partial charge in [0.15, 0.2) is 4.96 Å². The van der Waals surface area contributed by atoms with Gasteiger partial charge in [0.2, 0.25) is 10.0 Å². The fourth-order valence-electron chi connectivity index (χ4n) is 4.56.